The molecule has 1 aliphatic carbocycles. The summed E-state index contributed by atoms with van der Waals surface area (Å²) in [7, 11) is 0. The van der Waals surface area contributed by atoms with Gasteiger partial charge in [-0.15, -0.1) is 0 Å². The summed E-state index contributed by atoms with van der Waals surface area (Å²) in [6.45, 7) is 0. The van der Waals surface area contributed by atoms with E-state index in [1.54, 1.807) is 0 Å². The van der Waals surface area contributed by atoms with Gasteiger partial charge in [0.15, 0.2) is 6.17 Å². The molecule has 1 saturated carbocycles. The molecule has 0 bridgehead atoms. The van der Waals surface area contributed by atoms with E-state index in [-0.39, 0.29) is 0 Å². The van der Waals surface area contributed by atoms with Crippen LogP contribution in [0.3, 0.4) is 0 Å². The summed E-state index contributed by atoms with van der Waals surface area (Å²) < 4.78 is 72.7. The third-order valence-corrected chi connectivity index (χ3v) is 1.74. The lowest BCUT2D eigenvalue weighted by Crippen LogP contribution is -2.50. The van der Waals surface area contributed by atoms with Crippen molar-refractivity contribution in [3.05, 3.63) is 0 Å². The van der Waals surface area contributed by atoms with Gasteiger partial charge in [0.2, 0.25) is 0 Å². The molecule has 0 aromatic carbocycles. The smallest absolute Gasteiger partial charge is 0.357 e. The van der Waals surface area contributed by atoms with Gasteiger partial charge in [-0.2, -0.15) is 17.6 Å². The van der Waals surface area contributed by atoms with Gasteiger partial charge in [0.05, 0.1) is 6.42 Å². The van der Waals surface area contributed by atoms with Crippen LogP contribution in [0.1, 0.15) is 6.42 Å². The van der Waals surface area contributed by atoms with Gasteiger partial charge in [-0.3, -0.25) is 0 Å². The lowest BCUT2D eigenvalue weighted by molar-refractivity contribution is -0.301. The minimum absolute atomic E-state index is 1.91. The zero-order chi connectivity index (χ0) is 9.78. The molecule has 0 aromatic rings. The summed E-state index contributed by atoms with van der Waals surface area (Å²) in [4.78, 5) is 0. The van der Waals surface area contributed by atoms with Crippen LogP contribution < -0.4 is 0 Å². The maximum atomic E-state index is 12.2. The highest BCUT2D eigenvalue weighted by molar-refractivity contribution is 5.08. The first-order valence-electron chi connectivity index (χ1n) is 2.94. The first-order chi connectivity index (χ1) is 5.13. The van der Waals surface area contributed by atoms with E-state index in [9.17, 15) is 26.3 Å². The quantitative estimate of drug-likeness (QED) is 0.581. The van der Waals surface area contributed by atoms with Gasteiger partial charge < -0.3 is 5.11 Å². The van der Waals surface area contributed by atoms with Crippen LogP contribution in [0.25, 0.3) is 0 Å². The van der Waals surface area contributed by atoms with Gasteiger partial charge >= 0.3 is 11.8 Å². The molecular formula is C5H4F6O. The molecular weight excluding hydrogens is 190 g/mol. The summed E-state index contributed by atoms with van der Waals surface area (Å²) in [5.41, 5.74) is 0. The first kappa shape index (κ1) is 9.63. The van der Waals surface area contributed by atoms with Crippen molar-refractivity contribution in [3.63, 3.8) is 0 Å². The highest BCUT2D eigenvalue weighted by atomic mass is 19.3. The highest BCUT2D eigenvalue weighted by Gasteiger charge is 2.80. The van der Waals surface area contributed by atoms with E-state index >= 15 is 0 Å². The molecule has 1 fully saturated rings. The van der Waals surface area contributed by atoms with Crippen molar-refractivity contribution in [2.45, 2.75) is 30.3 Å². The molecule has 1 nitrogen and oxygen atoms in total. The number of halogens is 6. The Bertz CT molecular complexity index is 200. The summed E-state index contributed by atoms with van der Waals surface area (Å²) in [6.07, 6.45) is -5.27. The molecule has 0 spiro atoms. The summed E-state index contributed by atoms with van der Waals surface area (Å²) >= 11 is 0. The number of rotatable bonds is 0. The van der Waals surface area contributed by atoms with E-state index in [1.807, 2.05) is 0 Å². The lowest BCUT2D eigenvalue weighted by atomic mass is 10.2. The fourth-order valence-electron chi connectivity index (χ4n) is 0.946. The van der Waals surface area contributed by atoms with Crippen molar-refractivity contribution in [2.24, 2.45) is 0 Å². The minimum atomic E-state index is -5.36. The molecule has 0 aromatic heterocycles. The summed E-state index contributed by atoms with van der Waals surface area (Å²) in [5, 5.41) is 8.09. The van der Waals surface area contributed by atoms with Crippen molar-refractivity contribution in [2.75, 3.05) is 0 Å². The Morgan fingerprint density at radius 1 is 1.08 bits per heavy atom. The molecule has 1 rings (SSSR count). The number of hydrogen-bond acceptors (Lipinski definition) is 1. The van der Waals surface area contributed by atoms with Gasteiger partial charge in [0.1, 0.15) is 0 Å². The molecule has 7 heteroatoms. The Kier molecular flexibility index (Phi) is 1.66. The van der Waals surface area contributed by atoms with Gasteiger partial charge in [0, 0.05) is 0 Å². The van der Waals surface area contributed by atoms with Gasteiger partial charge in [-0.05, 0) is 0 Å². The van der Waals surface area contributed by atoms with Crippen LogP contribution in [0.2, 0.25) is 0 Å². The topological polar surface area (TPSA) is 20.2 Å². The van der Waals surface area contributed by atoms with Gasteiger partial charge in [-0.1, -0.05) is 0 Å². The molecule has 0 heterocycles. The Labute approximate surface area is 63.0 Å². The third-order valence-electron chi connectivity index (χ3n) is 1.74. The Hall–Kier alpha value is -0.460. The van der Waals surface area contributed by atoms with Crippen LogP contribution in [0.15, 0.2) is 0 Å². The molecule has 72 valence electrons. The monoisotopic (exact) mass is 194 g/mol. The van der Waals surface area contributed by atoms with E-state index in [1.165, 1.54) is 0 Å². The van der Waals surface area contributed by atoms with Crippen LogP contribution in [0, 0.1) is 0 Å². The van der Waals surface area contributed by atoms with Crippen molar-refractivity contribution >= 4 is 0 Å². The fraction of sp³-hybridized carbons (Fsp3) is 1.00. The highest BCUT2D eigenvalue weighted by Crippen LogP contribution is 2.55. The van der Waals surface area contributed by atoms with Crippen molar-refractivity contribution in [1.82, 2.24) is 0 Å². The van der Waals surface area contributed by atoms with Crippen LogP contribution in [0.4, 0.5) is 26.3 Å². The Morgan fingerprint density at radius 3 is 1.58 bits per heavy atom. The first-order valence-corrected chi connectivity index (χ1v) is 2.94. The number of aliphatic hydroxyl groups is 1. The second-order valence-corrected chi connectivity index (χ2v) is 2.63. The molecule has 2 atom stereocenters. The molecule has 0 amide bonds. The second-order valence-electron chi connectivity index (χ2n) is 2.63. The molecule has 0 aliphatic heterocycles. The van der Waals surface area contributed by atoms with E-state index in [0.717, 1.165) is 0 Å². The largest absolute Gasteiger partial charge is 0.370 e. The zero-order valence-corrected chi connectivity index (χ0v) is 5.50. The van der Waals surface area contributed by atoms with E-state index in [0.29, 0.717) is 0 Å². The van der Waals surface area contributed by atoms with Gasteiger partial charge in [0.25, 0.3) is 5.85 Å². The van der Waals surface area contributed by atoms with Crippen molar-refractivity contribution < 1.29 is 31.4 Å². The second kappa shape index (κ2) is 2.07. The van der Waals surface area contributed by atoms with Crippen LogP contribution in [0.5, 0.6) is 0 Å². The molecule has 1 aliphatic rings. The molecule has 1 N–H and O–H groups in total. The SMILES string of the molecule is OC1(F)CC(F)C(F)(F)C1(F)F. The Morgan fingerprint density at radius 2 is 1.50 bits per heavy atom. The molecule has 0 radical (unpaired) electrons. The predicted molar refractivity (Wildman–Crippen MR) is 25.5 cm³/mol. The number of alkyl halides is 6. The zero-order valence-electron chi connectivity index (χ0n) is 5.50. The number of hydrogen-bond donors (Lipinski definition) is 1. The fourth-order valence-corrected chi connectivity index (χ4v) is 0.946. The third kappa shape index (κ3) is 0.854. The van der Waals surface area contributed by atoms with Crippen molar-refractivity contribution in [3.8, 4) is 0 Å². The summed E-state index contributed by atoms with van der Waals surface area (Å²) in [6, 6.07) is 0. The maximum Gasteiger partial charge on any atom is 0.370 e. The molecule has 12 heavy (non-hydrogen) atoms. The predicted octanol–water partition coefficient (Wildman–Crippen LogP) is 1.66. The van der Waals surface area contributed by atoms with Crippen LogP contribution in [-0.2, 0) is 0 Å². The average molecular weight is 194 g/mol. The minimum Gasteiger partial charge on any atom is -0.357 e. The van der Waals surface area contributed by atoms with E-state index < -0.39 is 30.3 Å². The normalized spacial score (nSPS) is 44.8. The average Bonchev–Trinajstić information content (AvgIpc) is 1.92. The standard InChI is InChI=1S/C5H4F6O/c6-2-1-3(7,12)5(10,11)4(2,8)9/h2,12H,1H2. The Balaban J connectivity index is 3.10. The lowest BCUT2D eigenvalue weighted by Gasteiger charge is -2.24. The van der Waals surface area contributed by atoms with Gasteiger partial charge in [-0.25, -0.2) is 8.78 Å². The summed E-state index contributed by atoms with van der Waals surface area (Å²) in [5.74, 6) is -15.0. The molecule has 2 unspecified atom stereocenters. The van der Waals surface area contributed by atoms with Crippen LogP contribution >= 0.6 is 0 Å². The van der Waals surface area contributed by atoms with Crippen LogP contribution in [-0.4, -0.2) is 29.0 Å². The van der Waals surface area contributed by atoms with E-state index in [2.05, 4.69) is 0 Å². The van der Waals surface area contributed by atoms with Crippen molar-refractivity contribution in [1.29, 1.82) is 0 Å². The maximum absolute atomic E-state index is 12.2. The molecule has 0 saturated heterocycles. The van der Waals surface area contributed by atoms with E-state index in [4.69, 9.17) is 5.11 Å².